The topological polar surface area (TPSA) is 66.5 Å². The van der Waals surface area contributed by atoms with Crippen LogP contribution in [0.4, 0.5) is 0 Å². The van der Waals surface area contributed by atoms with Crippen LogP contribution in [0.3, 0.4) is 0 Å². The molecular formula is C20H20Cl2N2O3S. The van der Waals surface area contributed by atoms with E-state index in [1.54, 1.807) is 48.5 Å². The maximum atomic E-state index is 12.5. The fourth-order valence-corrected chi connectivity index (χ4v) is 4.79. The highest BCUT2D eigenvalue weighted by molar-refractivity contribution is 7.89. The molecule has 1 heterocycles. The largest absolute Gasteiger partial charge is 0.348 e. The predicted molar refractivity (Wildman–Crippen MR) is 112 cm³/mol. The minimum absolute atomic E-state index is 0.278. The van der Waals surface area contributed by atoms with E-state index in [-0.39, 0.29) is 17.3 Å². The minimum Gasteiger partial charge on any atom is -0.348 e. The molecule has 1 aliphatic heterocycles. The SMILES string of the molecule is O=C(/C=C/c1cc(Cl)ccc1Cl)NCc1ccc(S(=O)(=O)N2CCCC2)cc1. The van der Waals surface area contributed by atoms with Crippen molar-refractivity contribution >= 4 is 45.2 Å². The molecule has 0 saturated carbocycles. The fourth-order valence-electron chi connectivity index (χ4n) is 2.91. The van der Waals surface area contributed by atoms with E-state index in [0.29, 0.717) is 28.7 Å². The summed E-state index contributed by atoms with van der Waals surface area (Å²) in [6.45, 7) is 1.43. The number of benzene rings is 2. The van der Waals surface area contributed by atoms with Gasteiger partial charge >= 0.3 is 0 Å². The van der Waals surface area contributed by atoms with Crippen molar-refractivity contribution in [1.82, 2.24) is 9.62 Å². The van der Waals surface area contributed by atoms with Gasteiger partial charge in [-0.25, -0.2) is 8.42 Å². The summed E-state index contributed by atoms with van der Waals surface area (Å²) >= 11 is 12.0. The van der Waals surface area contributed by atoms with E-state index in [9.17, 15) is 13.2 Å². The molecule has 0 bridgehead atoms. The second kappa shape index (κ2) is 9.09. The van der Waals surface area contributed by atoms with Crippen molar-refractivity contribution in [3.63, 3.8) is 0 Å². The molecule has 1 saturated heterocycles. The summed E-state index contributed by atoms with van der Waals surface area (Å²) in [4.78, 5) is 12.3. The third-order valence-electron chi connectivity index (χ3n) is 4.47. The summed E-state index contributed by atoms with van der Waals surface area (Å²) < 4.78 is 26.5. The number of halogens is 2. The summed E-state index contributed by atoms with van der Waals surface area (Å²) in [6.07, 6.45) is 4.77. The lowest BCUT2D eigenvalue weighted by Gasteiger charge is -2.15. The first-order chi connectivity index (χ1) is 13.4. The lowest BCUT2D eigenvalue weighted by Crippen LogP contribution is -2.27. The second-order valence-electron chi connectivity index (χ2n) is 6.47. The van der Waals surface area contributed by atoms with Gasteiger partial charge in [-0.15, -0.1) is 0 Å². The number of amides is 1. The van der Waals surface area contributed by atoms with Crippen LogP contribution >= 0.6 is 23.2 Å². The van der Waals surface area contributed by atoms with Crippen molar-refractivity contribution in [1.29, 1.82) is 0 Å². The molecular weight excluding hydrogens is 419 g/mol. The van der Waals surface area contributed by atoms with Crippen molar-refractivity contribution in [2.24, 2.45) is 0 Å². The van der Waals surface area contributed by atoms with Gasteiger partial charge in [0.05, 0.1) is 4.90 Å². The average Bonchev–Trinajstić information content (AvgIpc) is 3.23. The number of carbonyl (C=O) groups is 1. The zero-order chi connectivity index (χ0) is 20.1. The molecule has 8 heteroatoms. The van der Waals surface area contributed by atoms with Crippen LogP contribution in [-0.4, -0.2) is 31.7 Å². The highest BCUT2D eigenvalue weighted by Crippen LogP contribution is 2.22. The molecule has 2 aromatic rings. The first kappa shape index (κ1) is 20.9. The lowest BCUT2D eigenvalue weighted by molar-refractivity contribution is -0.116. The highest BCUT2D eigenvalue weighted by atomic mass is 35.5. The number of nitrogens with zero attached hydrogens (tertiary/aromatic N) is 1. The van der Waals surface area contributed by atoms with Crippen molar-refractivity contribution in [3.8, 4) is 0 Å². The number of nitrogens with one attached hydrogen (secondary N) is 1. The van der Waals surface area contributed by atoms with Gasteiger partial charge in [-0.2, -0.15) is 4.31 Å². The van der Waals surface area contributed by atoms with E-state index in [4.69, 9.17) is 23.2 Å². The summed E-state index contributed by atoms with van der Waals surface area (Å²) in [5.74, 6) is -0.287. The molecule has 0 radical (unpaired) electrons. The molecule has 0 aromatic heterocycles. The molecule has 2 aromatic carbocycles. The zero-order valence-corrected chi connectivity index (χ0v) is 17.4. The first-order valence-corrected chi connectivity index (χ1v) is 11.1. The van der Waals surface area contributed by atoms with Crippen LogP contribution in [0.2, 0.25) is 10.0 Å². The number of hydrogen-bond acceptors (Lipinski definition) is 3. The zero-order valence-electron chi connectivity index (χ0n) is 15.1. The van der Waals surface area contributed by atoms with Gasteiger partial charge in [0.1, 0.15) is 0 Å². The molecule has 148 valence electrons. The molecule has 1 N–H and O–H groups in total. The molecule has 0 aliphatic carbocycles. The van der Waals surface area contributed by atoms with Crippen LogP contribution in [-0.2, 0) is 21.4 Å². The van der Waals surface area contributed by atoms with E-state index in [2.05, 4.69) is 5.32 Å². The molecule has 3 rings (SSSR count). The van der Waals surface area contributed by atoms with E-state index in [1.807, 2.05) is 0 Å². The third kappa shape index (κ3) is 5.14. The Hall–Kier alpha value is -1.86. The monoisotopic (exact) mass is 438 g/mol. The van der Waals surface area contributed by atoms with Gasteiger partial charge in [0.15, 0.2) is 0 Å². The van der Waals surface area contributed by atoms with Gasteiger partial charge < -0.3 is 5.32 Å². The van der Waals surface area contributed by atoms with Gasteiger partial charge in [0.2, 0.25) is 15.9 Å². The smallest absolute Gasteiger partial charge is 0.244 e. The molecule has 0 unspecified atom stereocenters. The van der Waals surface area contributed by atoms with Gasteiger partial charge in [-0.1, -0.05) is 35.3 Å². The second-order valence-corrected chi connectivity index (χ2v) is 9.25. The fraction of sp³-hybridized carbons (Fsp3) is 0.250. The van der Waals surface area contributed by atoms with Crippen LogP contribution in [0.15, 0.2) is 53.4 Å². The quantitative estimate of drug-likeness (QED) is 0.689. The lowest BCUT2D eigenvalue weighted by atomic mass is 10.2. The Balaban J connectivity index is 1.58. The number of carbonyl (C=O) groups excluding carboxylic acids is 1. The molecule has 1 fully saturated rings. The maximum absolute atomic E-state index is 12.5. The summed E-state index contributed by atoms with van der Waals surface area (Å²) in [7, 11) is -3.42. The van der Waals surface area contributed by atoms with Crippen molar-refractivity contribution in [2.45, 2.75) is 24.3 Å². The Kier molecular flexibility index (Phi) is 6.78. The number of hydrogen-bond donors (Lipinski definition) is 1. The van der Waals surface area contributed by atoms with Crippen LogP contribution in [0.5, 0.6) is 0 Å². The van der Waals surface area contributed by atoms with E-state index in [0.717, 1.165) is 18.4 Å². The Bertz CT molecular complexity index is 983. The van der Waals surface area contributed by atoms with Crippen LogP contribution in [0, 0.1) is 0 Å². The van der Waals surface area contributed by atoms with Gasteiger partial charge in [0.25, 0.3) is 0 Å². The van der Waals surface area contributed by atoms with Gasteiger partial charge in [-0.3, -0.25) is 4.79 Å². The Morgan fingerprint density at radius 3 is 2.43 bits per heavy atom. The molecule has 0 atom stereocenters. The molecule has 1 aliphatic rings. The Morgan fingerprint density at radius 2 is 1.75 bits per heavy atom. The first-order valence-electron chi connectivity index (χ1n) is 8.86. The summed E-state index contributed by atoms with van der Waals surface area (Å²) in [5.41, 5.74) is 1.46. The van der Waals surface area contributed by atoms with E-state index >= 15 is 0 Å². The maximum Gasteiger partial charge on any atom is 0.244 e. The number of rotatable bonds is 6. The van der Waals surface area contributed by atoms with Crippen molar-refractivity contribution in [2.75, 3.05) is 13.1 Å². The van der Waals surface area contributed by atoms with E-state index < -0.39 is 10.0 Å². The molecule has 5 nitrogen and oxygen atoms in total. The van der Waals surface area contributed by atoms with Crippen molar-refractivity contribution < 1.29 is 13.2 Å². The van der Waals surface area contributed by atoms with Gasteiger partial charge in [-0.05, 0) is 60.4 Å². The summed E-state index contributed by atoms with van der Waals surface area (Å²) in [6, 6.07) is 11.6. The Labute approximate surface area is 175 Å². The minimum atomic E-state index is -3.42. The normalized spacial score (nSPS) is 15.2. The van der Waals surface area contributed by atoms with Crippen molar-refractivity contribution in [3.05, 3.63) is 69.7 Å². The highest BCUT2D eigenvalue weighted by Gasteiger charge is 2.26. The standard InChI is InChI=1S/C20H20Cl2N2O3S/c21-17-6-9-19(22)16(13-17)5-10-20(25)23-14-15-3-7-18(8-4-15)28(26,27)24-11-1-2-12-24/h3-10,13H,1-2,11-12,14H2,(H,23,25)/b10-5+. The van der Waals surface area contributed by atoms with Crippen LogP contribution < -0.4 is 5.32 Å². The number of sulfonamides is 1. The molecule has 1 amide bonds. The van der Waals surface area contributed by atoms with Crippen LogP contribution in [0.1, 0.15) is 24.0 Å². The Morgan fingerprint density at radius 1 is 1.07 bits per heavy atom. The third-order valence-corrected chi connectivity index (χ3v) is 6.96. The van der Waals surface area contributed by atoms with Gasteiger partial charge in [0, 0.05) is 35.8 Å². The average molecular weight is 439 g/mol. The molecule has 28 heavy (non-hydrogen) atoms. The van der Waals surface area contributed by atoms with E-state index in [1.165, 1.54) is 10.4 Å². The molecule has 0 spiro atoms. The predicted octanol–water partition coefficient (Wildman–Crippen LogP) is 4.11. The summed E-state index contributed by atoms with van der Waals surface area (Å²) in [5, 5.41) is 3.79. The van der Waals surface area contributed by atoms with Crippen LogP contribution in [0.25, 0.3) is 6.08 Å².